The molecule has 0 bridgehead atoms. The fourth-order valence-corrected chi connectivity index (χ4v) is 2.33. The fourth-order valence-electron chi connectivity index (χ4n) is 2.33. The summed E-state index contributed by atoms with van der Waals surface area (Å²) >= 11 is 0. The molecule has 1 amide bonds. The molecule has 0 spiro atoms. The highest BCUT2D eigenvalue weighted by Crippen LogP contribution is 2.20. The first-order chi connectivity index (χ1) is 10.4. The Balaban J connectivity index is 1.93. The summed E-state index contributed by atoms with van der Waals surface area (Å²) in [5.41, 5.74) is 5.46. The van der Waals surface area contributed by atoms with Crippen LogP contribution in [0.2, 0.25) is 0 Å². The summed E-state index contributed by atoms with van der Waals surface area (Å²) in [6.45, 7) is 3.62. The van der Waals surface area contributed by atoms with Crippen molar-refractivity contribution >= 4 is 11.9 Å². The molecule has 1 aliphatic rings. The lowest BCUT2D eigenvalue weighted by Crippen LogP contribution is -2.56. The number of nitrogens with two attached hydrogens (primary N) is 1. The van der Waals surface area contributed by atoms with Gasteiger partial charge in [0.15, 0.2) is 12.2 Å². The first-order valence-electron chi connectivity index (χ1n) is 6.99. The van der Waals surface area contributed by atoms with E-state index in [9.17, 15) is 9.59 Å². The van der Waals surface area contributed by atoms with Crippen LogP contribution in [0.25, 0.3) is 0 Å². The van der Waals surface area contributed by atoms with Crippen LogP contribution in [-0.2, 0) is 20.9 Å². The van der Waals surface area contributed by atoms with Crippen molar-refractivity contribution in [2.45, 2.75) is 19.1 Å². The topological polar surface area (TPSA) is 102 Å². The average molecular weight is 308 g/mol. The number of hydrogen-bond donors (Lipinski definition) is 2. The molecule has 1 aliphatic heterocycles. The summed E-state index contributed by atoms with van der Waals surface area (Å²) in [5.74, 6) is -0.965. The van der Waals surface area contributed by atoms with Crippen LogP contribution < -0.4 is 10.5 Å². The van der Waals surface area contributed by atoms with Gasteiger partial charge in [0.05, 0.1) is 6.61 Å². The monoisotopic (exact) mass is 308 g/mol. The number of carbonyl (C=O) groups excluding carboxylic acids is 1. The number of amides is 1. The van der Waals surface area contributed by atoms with Crippen LogP contribution in [0.1, 0.15) is 12.5 Å². The third kappa shape index (κ3) is 4.19. The number of carbonyl (C=O) groups is 2. The minimum absolute atomic E-state index is 0.361. The molecule has 0 aliphatic carbocycles. The van der Waals surface area contributed by atoms with Gasteiger partial charge < -0.3 is 20.3 Å². The van der Waals surface area contributed by atoms with Gasteiger partial charge in [0, 0.05) is 19.6 Å². The van der Waals surface area contributed by atoms with E-state index < -0.39 is 17.5 Å². The van der Waals surface area contributed by atoms with E-state index >= 15 is 0 Å². The Morgan fingerprint density at radius 1 is 1.41 bits per heavy atom. The lowest BCUT2D eigenvalue weighted by atomic mass is 10.0. The van der Waals surface area contributed by atoms with Crippen LogP contribution in [0.15, 0.2) is 24.3 Å². The van der Waals surface area contributed by atoms with E-state index in [0.717, 1.165) is 12.1 Å². The minimum atomic E-state index is -1.01. The van der Waals surface area contributed by atoms with Crippen molar-refractivity contribution in [2.75, 3.05) is 26.3 Å². The zero-order valence-corrected chi connectivity index (χ0v) is 12.4. The zero-order valence-electron chi connectivity index (χ0n) is 12.4. The molecule has 1 aromatic carbocycles. The van der Waals surface area contributed by atoms with Gasteiger partial charge in [-0.3, -0.25) is 9.69 Å². The third-order valence-electron chi connectivity index (χ3n) is 3.57. The summed E-state index contributed by atoms with van der Waals surface area (Å²) in [6.07, 6.45) is 0. The molecule has 1 heterocycles. The Labute approximate surface area is 128 Å². The lowest BCUT2D eigenvalue weighted by Gasteiger charge is -2.38. The molecule has 3 N–H and O–H groups in total. The van der Waals surface area contributed by atoms with Crippen molar-refractivity contribution < 1.29 is 24.2 Å². The van der Waals surface area contributed by atoms with Gasteiger partial charge in [0.1, 0.15) is 5.75 Å². The smallest absolute Gasteiger partial charge is 0.341 e. The summed E-state index contributed by atoms with van der Waals surface area (Å²) in [4.78, 5) is 24.0. The van der Waals surface area contributed by atoms with E-state index in [4.69, 9.17) is 20.3 Å². The highest BCUT2D eigenvalue weighted by molar-refractivity contribution is 5.83. The molecule has 1 aromatic rings. The Morgan fingerprint density at radius 2 is 2.09 bits per heavy atom. The summed E-state index contributed by atoms with van der Waals surface area (Å²) < 4.78 is 10.6. The third-order valence-corrected chi connectivity index (χ3v) is 3.57. The Morgan fingerprint density at radius 3 is 2.68 bits per heavy atom. The molecule has 0 aromatic heterocycles. The number of hydrogen-bond acceptors (Lipinski definition) is 5. The highest BCUT2D eigenvalue weighted by Gasteiger charge is 2.37. The van der Waals surface area contributed by atoms with Gasteiger partial charge in [0.25, 0.3) is 5.91 Å². The van der Waals surface area contributed by atoms with Crippen molar-refractivity contribution in [1.29, 1.82) is 0 Å². The van der Waals surface area contributed by atoms with Crippen LogP contribution >= 0.6 is 0 Å². The van der Waals surface area contributed by atoms with Crippen molar-refractivity contribution in [2.24, 2.45) is 5.73 Å². The van der Waals surface area contributed by atoms with Crippen LogP contribution in [-0.4, -0.2) is 53.8 Å². The van der Waals surface area contributed by atoms with Gasteiger partial charge in [-0.15, -0.1) is 0 Å². The first-order valence-corrected chi connectivity index (χ1v) is 6.99. The summed E-state index contributed by atoms with van der Waals surface area (Å²) in [7, 11) is 0. The van der Waals surface area contributed by atoms with Gasteiger partial charge in [-0.2, -0.15) is 0 Å². The molecule has 1 saturated heterocycles. The molecule has 0 saturated carbocycles. The number of morpholine rings is 1. The average Bonchev–Trinajstić information content (AvgIpc) is 2.46. The number of aliphatic carboxylic acids is 1. The zero-order chi connectivity index (χ0) is 16.2. The number of primary amides is 1. The quantitative estimate of drug-likeness (QED) is 0.780. The van der Waals surface area contributed by atoms with Crippen molar-refractivity contribution in [3.05, 3.63) is 29.8 Å². The lowest BCUT2D eigenvalue weighted by molar-refractivity contribution is -0.153. The van der Waals surface area contributed by atoms with Crippen molar-refractivity contribution in [3.8, 4) is 5.75 Å². The van der Waals surface area contributed by atoms with Gasteiger partial charge in [0.2, 0.25) is 0 Å². The molecule has 7 heteroatoms. The maximum absolute atomic E-state index is 11.5. The number of carboxylic acid groups (broad SMARTS) is 1. The van der Waals surface area contributed by atoms with E-state index in [0.29, 0.717) is 25.4 Å². The van der Waals surface area contributed by atoms with Crippen LogP contribution in [0, 0.1) is 0 Å². The Bertz CT molecular complexity index is 545. The van der Waals surface area contributed by atoms with Gasteiger partial charge in [-0.25, -0.2) is 4.79 Å². The van der Waals surface area contributed by atoms with Crippen LogP contribution in [0.4, 0.5) is 0 Å². The van der Waals surface area contributed by atoms with Crippen molar-refractivity contribution in [1.82, 2.24) is 4.90 Å². The van der Waals surface area contributed by atoms with E-state index in [1.165, 1.54) is 0 Å². The molecule has 1 fully saturated rings. The normalized spacial score (nSPS) is 22.2. The second-order valence-corrected chi connectivity index (χ2v) is 5.48. The molecule has 0 unspecified atom stereocenters. The fraction of sp³-hybridized carbons (Fsp3) is 0.467. The maximum Gasteiger partial charge on any atom is 0.341 e. The predicted molar refractivity (Wildman–Crippen MR) is 78.4 cm³/mol. The molecular weight excluding hydrogens is 288 g/mol. The van der Waals surface area contributed by atoms with Crippen molar-refractivity contribution in [3.63, 3.8) is 0 Å². The second-order valence-electron chi connectivity index (χ2n) is 5.48. The molecule has 0 radical (unpaired) electrons. The molecule has 2 rings (SSSR count). The van der Waals surface area contributed by atoms with Gasteiger partial charge in [-0.05, 0) is 24.6 Å². The van der Waals surface area contributed by atoms with Crippen LogP contribution in [0.5, 0.6) is 5.75 Å². The molecule has 7 nitrogen and oxygen atoms in total. The number of nitrogens with zero attached hydrogens (tertiary/aromatic N) is 1. The SMILES string of the molecule is C[C@]1(C(N)=O)CN(Cc2ccc(OCC(=O)O)cc2)CCO1. The van der Waals surface area contributed by atoms with Gasteiger partial charge in [-0.1, -0.05) is 12.1 Å². The molecular formula is C15H20N2O5. The molecule has 22 heavy (non-hydrogen) atoms. The van der Waals surface area contributed by atoms with E-state index in [1.54, 1.807) is 19.1 Å². The van der Waals surface area contributed by atoms with E-state index in [1.807, 2.05) is 12.1 Å². The molecule has 1 atom stereocenters. The standard InChI is InChI=1S/C15H20N2O5/c1-15(14(16)20)10-17(6-7-22-15)8-11-2-4-12(5-3-11)21-9-13(18)19/h2-5H,6-10H2,1H3,(H2,16,20)(H,18,19)/t15-/m1/s1. The minimum Gasteiger partial charge on any atom is -0.482 e. The largest absolute Gasteiger partial charge is 0.482 e. The predicted octanol–water partition coefficient (Wildman–Crippen LogP) is 0.226. The number of carboxylic acids is 1. The Hall–Kier alpha value is -2.12. The second kappa shape index (κ2) is 6.76. The number of rotatable bonds is 6. The van der Waals surface area contributed by atoms with Crippen LogP contribution in [0.3, 0.4) is 0 Å². The van der Waals surface area contributed by atoms with E-state index in [2.05, 4.69) is 4.90 Å². The summed E-state index contributed by atoms with van der Waals surface area (Å²) in [5, 5.41) is 8.56. The highest BCUT2D eigenvalue weighted by atomic mass is 16.5. The first kappa shape index (κ1) is 16.3. The number of benzene rings is 1. The molecule has 120 valence electrons. The summed E-state index contributed by atoms with van der Waals surface area (Å²) in [6, 6.07) is 7.19. The Kier molecular flexibility index (Phi) is 4.99. The van der Waals surface area contributed by atoms with Gasteiger partial charge >= 0.3 is 5.97 Å². The van der Waals surface area contributed by atoms with E-state index in [-0.39, 0.29) is 6.61 Å². The maximum atomic E-state index is 11.5. The number of ether oxygens (including phenoxy) is 2.